The van der Waals surface area contributed by atoms with E-state index in [1.807, 2.05) is 13.0 Å². The van der Waals surface area contributed by atoms with E-state index in [4.69, 9.17) is 5.11 Å². The highest BCUT2D eigenvalue weighted by Crippen LogP contribution is 2.05. The van der Waals surface area contributed by atoms with Crippen molar-refractivity contribution in [3.63, 3.8) is 0 Å². The first-order valence-corrected chi connectivity index (χ1v) is 4.63. The van der Waals surface area contributed by atoms with E-state index in [9.17, 15) is 0 Å². The first kappa shape index (κ1) is 12.1. The fraction of sp³-hybridized carbons (Fsp3) is 0.545. The molecule has 1 N–H and O–H groups in total. The molecule has 0 bridgehead atoms. The molecule has 0 aliphatic carbocycles. The number of allylic oxidation sites excluding steroid dienone is 1. The van der Waals surface area contributed by atoms with Crippen LogP contribution < -0.4 is 0 Å². The molecule has 0 saturated carbocycles. The average molecular weight is 181 g/mol. The molecule has 0 aromatic rings. The normalized spacial score (nSPS) is 15.7. The van der Waals surface area contributed by atoms with Crippen molar-refractivity contribution in [2.24, 2.45) is 4.99 Å². The average Bonchev–Trinajstić information content (AvgIpc) is 2.02. The lowest BCUT2D eigenvalue weighted by Crippen LogP contribution is -2.01. The zero-order valence-electron chi connectivity index (χ0n) is 8.75. The van der Waals surface area contributed by atoms with Crippen LogP contribution >= 0.6 is 0 Å². The van der Waals surface area contributed by atoms with Crippen LogP contribution in [0.3, 0.4) is 0 Å². The Kier molecular flexibility index (Phi) is 6.15. The lowest BCUT2D eigenvalue weighted by Gasteiger charge is -2.04. The first-order chi connectivity index (χ1) is 6.10. The van der Waals surface area contributed by atoms with E-state index in [-0.39, 0.29) is 6.10 Å². The highest BCUT2D eigenvalue weighted by atomic mass is 16.3. The molecule has 0 amide bonds. The molecule has 74 valence electrons. The molecule has 1 unspecified atom stereocenters. The third kappa shape index (κ3) is 6.29. The van der Waals surface area contributed by atoms with Crippen LogP contribution in [0.1, 0.15) is 33.6 Å². The van der Waals surface area contributed by atoms with Crippen LogP contribution in [0.25, 0.3) is 0 Å². The molecule has 0 saturated heterocycles. The number of hydrogen-bond acceptors (Lipinski definition) is 2. The largest absolute Gasteiger partial charge is 0.393 e. The Balaban J connectivity index is 4.33. The van der Waals surface area contributed by atoms with Gasteiger partial charge in [0.15, 0.2) is 0 Å². The summed E-state index contributed by atoms with van der Waals surface area (Å²) in [4.78, 5) is 4.11. The molecule has 2 heteroatoms. The molecule has 0 aliphatic heterocycles. The van der Waals surface area contributed by atoms with Crippen molar-refractivity contribution < 1.29 is 5.11 Å². The Morgan fingerprint density at radius 3 is 2.62 bits per heavy atom. The van der Waals surface area contributed by atoms with Crippen molar-refractivity contribution in [2.75, 3.05) is 0 Å². The lowest BCUT2D eigenvalue weighted by molar-refractivity contribution is 0.195. The minimum atomic E-state index is -0.280. The Morgan fingerprint density at radius 1 is 1.62 bits per heavy atom. The number of aliphatic hydroxyl groups excluding tert-OH is 1. The summed E-state index contributed by atoms with van der Waals surface area (Å²) in [5, 5.41) is 9.14. The lowest BCUT2D eigenvalue weighted by atomic mass is 10.1. The first-order valence-electron chi connectivity index (χ1n) is 4.63. The molecule has 0 rings (SSSR count). The van der Waals surface area contributed by atoms with E-state index in [0.29, 0.717) is 6.42 Å². The van der Waals surface area contributed by atoms with Gasteiger partial charge in [-0.3, -0.25) is 4.99 Å². The highest BCUT2D eigenvalue weighted by Gasteiger charge is 1.98. The Morgan fingerprint density at radius 2 is 2.23 bits per heavy atom. The number of rotatable bonds is 5. The van der Waals surface area contributed by atoms with Gasteiger partial charge in [-0.05, 0) is 32.8 Å². The monoisotopic (exact) mass is 181 g/mol. The highest BCUT2D eigenvalue weighted by molar-refractivity contribution is 5.95. The van der Waals surface area contributed by atoms with Crippen molar-refractivity contribution in [1.29, 1.82) is 0 Å². The van der Waals surface area contributed by atoms with E-state index in [0.717, 1.165) is 17.7 Å². The SMILES string of the molecule is C=C/N=C(\C=C(/C)CC(C)O)CC. The van der Waals surface area contributed by atoms with Crippen LogP contribution in [0.5, 0.6) is 0 Å². The minimum Gasteiger partial charge on any atom is -0.393 e. The Labute approximate surface area is 80.7 Å². The van der Waals surface area contributed by atoms with Gasteiger partial charge in [-0.2, -0.15) is 0 Å². The summed E-state index contributed by atoms with van der Waals surface area (Å²) < 4.78 is 0. The van der Waals surface area contributed by atoms with Crippen LogP contribution in [0.2, 0.25) is 0 Å². The Hall–Kier alpha value is -0.890. The minimum absolute atomic E-state index is 0.280. The fourth-order valence-electron chi connectivity index (χ4n) is 1.16. The second-order valence-corrected chi connectivity index (χ2v) is 3.20. The van der Waals surface area contributed by atoms with Gasteiger partial charge in [0.25, 0.3) is 0 Å². The van der Waals surface area contributed by atoms with Gasteiger partial charge in [-0.15, -0.1) is 0 Å². The molecule has 1 atom stereocenters. The van der Waals surface area contributed by atoms with Crippen molar-refractivity contribution in [2.45, 2.75) is 39.7 Å². The van der Waals surface area contributed by atoms with E-state index in [2.05, 4.69) is 18.5 Å². The molecule has 13 heavy (non-hydrogen) atoms. The second-order valence-electron chi connectivity index (χ2n) is 3.20. The van der Waals surface area contributed by atoms with Gasteiger partial charge in [-0.1, -0.05) is 19.1 Å². The Bertz CT molecular complexity index is 214. The second kappa shape index (κ2) is 6.61. The molecule has 0 radical (unpaired) electrons. The number of hydrogen-bond donors (Lipinski definition) is 1. The summed E-state index contributed by atoms with van der Waals surface area (Å²) in [5.74, 6) is 0. The molecule has 2 nitrogen and oxygen atoms in total. The van der Waals surface area contributed by atoms with Crippen LogP contribution in [0, 0.1) is 0 Å². The van der Waals surface area contributed by atoms with E-state index >= 15 is 0 Å². The predicted molar refractivity (Wildman–Crippen MR) is 58.0 cm³/mol. The predicted octanol–water partition coefficient (Wildman–Crippen LogP) is 2.70. The molecule has 0 aliphatic rings. The molecule has 0 aromatic heterocycles. The summed E-state index contributed by atoms with van der Waals surface area (Å²) in [6, 6.07) is 0. The van der Waals surface area contributed by atoms with Crippen molar-refractivity contribution in [3.05, 3.63) is 24.4 Å². The molecule has 0 aromatic carbocycles. The van der Waals surface area contributed by atoms with Gasteiger partial charge < -0.3 is 5.11 Å². The zero-order valence-corrected chi connectivity index (χ0v) is 8.75. The van der Waals surface area contributed by atoms with E-state index in [1.54, 1.807) is 13.1 Å². The van der Waals surface area contributed by atoms with E-state index in [1.165, 1.54) is 0 Å². The van der Waals surface area contributed by atoms with Crippen LogP contribution in [0.4, 0.5) is 0 Å². The van der Waals surface area contributed by atoms with Gasteiger partial charge in [0.2, 0.25) is 0 Å². The summed E-state index contributed by atoms with van der Waals surface area (Å²) in [6.07, 6.45) is 4.87. The zero-order chi connectivity index (χ0) is 10.3. The van der Waals surface area contributed by atoms with Crippen LogP contribution in [0.15, 0.2) is 29.4 Å². The summed E-state index contributed by atoms with van der Waals surface area (Å²) in [6.45, 7) is 9.39. The van der Waals surface area contributed by atoms with Crippen LogP contribution in [-0.4, -0.2) is 16.9 Å². The third-order valence-electron chi connectivity index (χ3n) is 1.65. The smallest absolute Gasteiger partial charge is 0.0549 e. The maximum absolute atomic E-state index is 9.14. The van der Waals surface area contributed by atoms with Gasteiger partial charge in [-0.25, -0.2) is 0 Å². The quantitative estimate of drug-likeness (QED) is 0.650. The topological polar surface area (TPSA) is 32.6 Å². The fourth-order valence-corrected chi connectivity index (χ4v) is 1.16. The number of aliphatic hydroxyl groups is 1. The van der Waals surface area contributed by atoms with Crippen LogP contribution in [-0.2, 0) is 0 Å². The van der Waals surface area contributed by atoms with Crippen molar-refractivity contribution >= 4 is 5.71 Å². The maximum atomic E-state index is 9.14. The van der Waals surface area contributed by atoms with Gasteiger partial charge in [0, 0.05) is 11.9 Å². The third-order valence-corrected chi connectivity index (χ3v) is 1.65. The molecular formula is C11H19NO. The molecule has 0 spiro atoms. The number of aliphatic imine (C=N–C) groups is 1. The molecular weight excluding hydrogens is 162 g/mol. The van der Waals surface area contributed by atoms with Crippen molar-refractivity contribution in [1.82, 2.24) is 0 Å². The van der Waals surface area contributed by atoms with Gasteiger partial charge >= 0.3 is 0 Å². The van der Waals surface area contributed by atoms with Crippen molar-refractivity contribution in [3.8, 4) is 0 Å². The van der Waals surface area contributed by atoms with Gasteiger partial charge in [0.1, 0.15) is 0 Å². The van der Waals surface area contributed by atoms with Gasteiger partial charge in [0.05, 0.1) is 6.10 Å². The summed E-state index contributed by atoms with van der Waals surface area (Å²) in [7, 11) is 0. The summed E-state index contributed by atoms with van der Waals surface area (Å²) >= 11 is 0. The standard InChI is InChI=1S/C11H19NO/c1-5-11(12-6-2)8-9(3)7-10(4)13/h6,8,10,13H,2,5,7H2,1,3-4H3/b9-8+,12-11-. The molecule has 0 fully saturated rings. The summed E-state index contributed by atoms with van der Waals surface area (Å²) in [5.41, 5.74) is 2.16. The molecule has 0 heterocycles. The maximum Gasteiger partial charge on any atom is 0.0549 e. The van der Waals surface area contributed by atoms with E-state index < -0.39 is 0 Å². The number of nitrogens with zero attached hydrogens (tertiary/aromatic N) is 1.